The quantitative estimate of drug-likeness (QED) is 0.731. The van der Waals surface area contributed by atoms with Crippen LogP contribution in [0.25, 0.3) is 0 Å². The summed E-state index contributed by atoms with van der Waals surface area (Å²) in [6.07, 6.45) is 0. The van der Waals surface area contributed by atoms with Crippen LogP contribution in [0.3, 0.4) is 0 Å². The van der Waals surface area contributed by atoms with E-state index in [1.807, 2.05) is 48.3 Å². The van der Waals surface area contributed by atoms with Crippen molar-refractivity contribution < 1.29 is 9.18 Å². The highest BCUT2D eigenvalue weighted by molar-refractivity contribution is 14.1. The molecule has 92 valence electrons. The van der Waals surface area contributed by atoms with Crippen LogP contribution in [-0.2, 0) is 4.79 Å². The fraction of sp³-hybridized carbons (Fsp3) is 0.417. The van der Waals surface area contributed by atoms with Crippen LogP contribution in [0.15, 0.2) is 12.1 Å². The number of nitrogens with one attached hydrogen (secondary N) is 1. The molecule has 1 N–H and O–H groups in total. The number of hydrogen-bond donors (Lipinski definition) is 1. The van der Waals surface area contributed by atoms with E-state index in [1.165, 1.54) is 6.07 Å². The lowest BCUT2D eigenvalue weighted by atomic mass is 10.0. The van der Waals surface area contributed by atoms with Gasteiger partial charge < -0.3 is 10.2 Å². The second-order valence-electron chi connectivity index (χ2n) is 5.09. The van der Waals surface area contributed by atoms with E-state index in [9.17, 15) is 9.18 Å². The third-order valence-electron chi connectivity index (χ3n) is 2.71. The number of hydrogen-bond acceptors (Lipinski definition) is 2. The van der Waals surface area contributed by atoms with Gasteiger partial charge in [-0.1, -0.05) is 0 Å². The van der Waals surface area contributed by atoms with Crippen molar-refractivity contribution in [1.29, 1.82) is 0 Å². The van der Waals surface area contributed by atoms with Crippen molar-refractivity contribution in [2.75, 3.05) is 16.8 Å². The number of rotatable bonds is 0. The minimum absolute atomic E-state index is 0.0603. The number of anilines is 2. The van der Waals surface area contributed by atoms with Gasteiger partial charge in [0.25, 0.3) is 0 Å². The maximum absolute atomic E-state index is 13.6. The van der Waals surface area contributed by atoms with Crippen LogP contribution >= 0.6 is 22.6 Å². The topological polar surface area (TPSA) is 32.3 Å². The van der Waals surface area contributed by atoms with Crippen molar-refractivity contribution in [2.24, 2.45) is 0 Å². The van der Waals surface area contributed by atoms with Crippen molar-refractivity contribution in [3.05, 3.63) is 21.5 Å². The van der Waals surface area contributed by atoms with Gasteiger partial charge in [0.2, 0.25) is 5.91 Å². The average Bonchev–Trinajstić information content (AvgIpc) is 2.18. The first-order valence-corrected chi connectivity index (χ1v) is 6.43. The maximum atomic E-state index is 13.6. The van der Waals surface area contributed by atoms with Gasteiger partial charge in [0.1, 0.15) is 5.82 Å². The largest absolute Gasteiger partial charge is 0.356 e. The van der Waals surface area contributed by atoms with E-state index >= 15 is 0 Å². The Morgan fingerprint density at radius 1 is 1.41 bits per heavy atom. The average molecular weight is 348 g/mol. The Balaban J connectivity index is 2.56. The molecule has 2 rings (SSSR count). The summed E-state index contributed by atoms with van der Waals surface area (Å²) in [4.78, 5) is 13.5. The smallest absolute Gasteiger partial charge is 0.243 e. The zero-order chi connectivity index (χ0) is 12.8. The summed E-state index contributed by atoms with van der Waals surface area (Å²) in [5, 5.41) is 2.78. The molecule has 0 fully saturated rings. The van der Waals surface area contributed by atoms with E-state index in [-0.39, 0.29) is 23.8 Å². The van der Waals surface area contributed by atoms with Gasteiger partial charge in [-0.05, 0) is 49.4 Å². The zero-order valence-electron chi connectivity index (χ0n) is 9.97. The fourth-order valence-corrected chi connectivity index (χ4v) is 2.34. The summed E-state index contributed by atoms with van der Waals surface area (Å²) in [6, 6.07) is 3.16. The summed E-state index contributed by atoms with van der Waals surface area (Å²) >= 11 is 1.92. The van der Waals surface area contributed by atoms with E-state index in [2.05, 4.69) is 5.32 Å². The number of halogens is 2. The van der Waals surface area contributed by atoms with Gasteiger partial charge in [0, 0.05) is 11.6 Å². The first kappa shape index (κ1) is 12.6. The van der Waals surface area contributed by atoms with Gasteiger partial charge in [-0.2, -0.15) is 0 Å². The molecule has 1 aromatic carbocycles. The number of fused-ring (bicyclic) bond motifs is 1. The molecule has 0 radical (unpaired) electrons. The molecule has 1 aliphatic rings. The van der Waals surface area contributed by atoms with Gasteiger partial charge in [0.15, 0.2) is 0 Å². The van der Waals surface area contributed by atoms with Gasteiger partial charge in [0.05, 0.1) is 21.5 Å². The fourth-order valence-electron chi connectivity index (χ4n) is 1.88. The van der Waals surface area contributed by atoms with E-state index in [1.54, 1.807) is 6.07 Å². The van der Waals surface area contributed by atoms with E-state index in [4.69, 9.17) is 0 Å². The van der Waals surface area contributed by atoms with E-state index in [0.29, 0.717) is 9.26 Å². The molecule has 3 nitrogen and oxygen atoms in total. The molecule has 0 bridgehead atoms. The molecule has 0 atom stereocenters. The lowest BCUT2D eigenvalue weighted by molar-refractivity contribution is -0.115. The molecule has 0 spiro atoms. The first-order valence-electron chi connectivity index (χ1n) is 5.35. The van der Waals surface area contributed by atoms with Crippen LogP contribution in [0.5, 0.6) is 0 Å². The van der Waals surface area contributed by atoms with Crippen molar-refractivity contribution in [3.8, 4) is 0 Å². The molecule has 0 unspecified atom stereocenters. The Labute approximate surface area is 114 Å². The molecule has 5 heteroatoms. The lowest BCUT2D eigenvalue weighted by Gasteiger charge is -2.41. The normalized spacial score (nSPS) is 15.6. The molecule has 0 saturated heterocycles. The Hall–Kier alpha value is -0.850. The zero-order valence-corrected chi connectivity index (χ0v) is 12.1. The summed E-state index contributed by atoms with van der Waals surface area (Å²) in [6.45, 7) is 6.28. The van der Waals surface area contributed by atoms with Crippen LogP contribution < -0.4 is 10.2 Å². The third kappa shape index (κ3) is 2.38. The second kappa shape index (κ2) is 4.12. The lowest BCUT2D eigenvalue weighted by Crippen LogP contribution is -2.49. The number of amides is 1. The minimum atomic E-state index is -0.255. The Bertz CT molecular complexity index is 482. The molecule has 17 heavy (non-hydrogen) atoms. The van der Waals surface area contributed by atoms with Crippen LogP contribution in [-0.4, -0.2) is 18.0 Å². The SMILES string of the molecule is CC(C)(C)N1CC(=O)Nc2cc(I)c(F)cc21. The monoisotopic (exact) mass is 348 g/mol. The predicted molar refractivity (Wildman–Crippen MR) is 74.8 cm³/mol. The van der Waals surface area contributed by atoms with Crippen molar-refractivity contribution in [2.45, 2.75) is 26.3 Å². The summed E-state index contributed by atoms with van der Waals surface area (Å²) in [5.41, 5.74) is 1.21. The molecule has 0 aromatic heterocycles. The van der Waals surface area contributed by atoms with Crippen molar-refractivity contribution in [1.82, 2.24) is 0 Å². The molecule has 0 saturated carbocycles. The van der Waals surface area contributed by atoms with Crippen LogP contribution in [0.4, 0.5) is 15.8 Å². The third-order valence-corrected chi connectivity index (χ3v) is 3.54. The Morgan fingerprint density at radius 2 is 2.06 bits per heavy atom. The second-order valence-corrected chi connectivity index (χ2v) is 6.25. The molecule has 1 aromatic rings. The molecular formula is C12H14FIN2O. The van der Waals surface area contributed by atoms with E-state index < -0.39 is 0 Å². The standard InChI is InChI=1S/C12H14FIN2O/c1-12(2,3)16-6-11(17)15-9-5-8(14)7(13)4-10(9)16/h4-5H,6H2,1-3H3,(H,15,17). The van der Waals surface area contributed by atoms with Crippen LogP contribution in [0.2, 0.25) is 0 Å². The highest BCUT2D eigenvalue weighted by Gasteiger charge is 2.30. The summed E-state index contributed by atoms with van der Waals surface area (Å²) < 4.78 is 14.1. The number of carbonyl (C=O) groups is 1. The summed E-state index contributed by atoms with van der Waals surface area (Å²) in [7, 11) is 0. The van der Waals surface area contributed by atoms with Crippen LogP contribution in [0, 0.1) is 9.39 Å². The molecule has 0 aliphatic carbocycles. The van der Waals surface area contributed by atoms with Crippen LogP contribution in [0.1, 0.15) is 20.8 Å². The maximum Gasteiger partial charge on any atom is 0.243 e. The highest BCUT2D eigenvalue weighted by atomic mass is 127. The van der Waals surface area contributed by atoms with Gasteiger partial charge in [-0.3, -0.25) is 4.79 Å². The summed E-state index contributed by atoms with van der Waals surface area (Å²) in [5.74, 6) is -0.315. The number of benzene rings is 1. The number of carbonyl (C=O) groups excluding carboxylic acids is 1. The first-order chi connectivity index (χ1) is 7.79. The van der Waals surface area contributed by atoms with Crippen molar-refractivity contribution >= 4 is 39.9 Å². The Kier molecular flexibility index (Phi) is 3.05. The molecule has 1 amide bonds. The minimum Gasteiger partial charge on any atom is -0.356 e. The predicted octanol–water partition coefficient (Wildman–Crippen LogP) is 2.99. The van der Waals surface area contributed by atoms with Crippen molar-refractivity contribution in [3.63, 3.8) is 0 Å². The van der Waals surface area contributed by atoms with E-state index in [0.717, 1.165) is 5.69 Å². The molecular weight excluding hydrogens is 334 g/mol. The van der Waals surface area contributed by atoms with Gasteiger partial charge in [-0.15, -0.1) is 0 Å². The highest BCUT2D eigenvalue weighted by Crippen LogP contribution is 2.36. The molecule has 1 heterocycles. The molecule has 1 aliphatic heterocycles. The van der Waals surface area contributed by atoms with Gasteiger partial charge in [-0.25, -0.2) is 4.39 Å². The van der Waals surface area contributed by atoms with Gasteiger partial charge >= 0.3 is 0 Å². The number of nitrogens with zero attached hydrogens (tertiary/aromatic N) is 1. The Morgan fingerprint density at radius 3 is 2.65 bits per heavy atom.